The molecule has 86 valence electrons. The molecule has 1 heterocycles. The minimum absolute atomic E-state index is 0.289. The second-order valence-electron chi connectivity index (χ2n) is 4.25. The van der Waals surface area contributed by atoms with Gasteiger partial charge in [0.1, 0.15) is 5.56 Å². The molecule has 1 fully saturated rings. The van der Waals surface area contributed by atoms with E-state index < -0.39 is 5.97 Å². The molecule has 1 N–H and O–H groups in total. The number of carbonyl (C=O) groups is 1. The van der Waals surface area contributed by atoms with Crippen LogP contribution in [0.5, 0.6) is 0 Å². The highest BCUT2D eigenvalue weighted by Gasteiger charge is 2.23. The van der Waals surface area contributed by atoms with E-state index in [-0.39, 0.29) is 5.56 Å². The summed E-state index contributed by atoms with van der Waals surface area (Å²) < 4.78 is 0. The third kappa shape index (κ3) is 2.01. The monoisotopic (exact) mass is 220 g/mol. The van der Waals surface area contributed by atoms with Crippen LogP contribution in [0.1, 0.15) is 36.0 Å². The maximum atomic E-state index is 11.1. The van der Waals surface area contributed by atoms with Crippen LogP contribution >= 0.6 is 0 Å². The predicted octanol–water partition coefficient (Wildman–Crippen LogP) is 2.16. The predicted molar refractivity (Wildman–Crippen MR) is 61.9 cm³/mol. The largest absolute Gasteiger partial charge is 0.478 e. The third-order valence-corrected chi connectivity index (χ3v) is 3.28. The first-order valence-corrected chi connectivity index (χ1v) is 5.60. The second kappa shape index (κ2) is 4.51. The van der Waals surface area contributed by atoms with Crippen molar-refractivity contribution in [1.29, 1.82) is 0 Å². The fraction of sp³-hybridized carbons (Fsp3) is 0.500. The van der Waals surface area contributed by atoms with Gasteiger partial charge in [-0.05, 0) is 18.9 Å². The maximum absolute atomic E-state index is 11.1. The Balaban J connectivity index is 2.27. The van der Waals surface area contributed by atoms with E-state index in [0.29, 0.717) is 6.04 Å². The van der Waals surface area contributed by atoms with Crippen LogP contribution in [0.25, 0.3) is 0 Å². The average Bonchev–Trinajstić information content (AvgIpc) is 2.81. The van der Waals surface area contributed by atoms with Crippen molar-refractivity contribution in [3.63, 3.8) is 0 Å². The van der Waals surface area contributed by atoms with Crippen LogP contribution in [0.4, 0.5) is 5.69 Å². The molecule has 1 aliphatic rings. The van der Waals surface area contributed by atoms with Gasteiger partial charge in [-0.2, -0.15) is 0 Å². The van der Waals surface area contributed by atoms with Crippen molar-refractivity contribution in [2.24, 2.45) is 0 Å². The lowest BCUT2D eigenvalue weighted by atomic mass is 10.1. The molecule has 2 rings (SSSR count). The van der Waals surface area contributed by atoms with Gasteiger partial charge >= 0.3 is 5.97 Å². The molecule has 4 nitrogen and oxygen atoms in total. The summed E-state index contributed by atoms with van der Waals surface area (Å²) in [6.07, 6.45) is 7.84. The summed E-state index contributed by atoms with van der Waals surface area (Å²) in [5.41, 5.74) is 1.06. The molecule has 0 bridgehead atoms. The molecule has 0 aliphatic heterocycles. The SMILES string of the molecule is CN(c1ccncc1C(=O)O)C1CCCC1. The summed E-state index contributed by atoms with van der Waals surface area (Å²) in [5, 5.41) is 9.09. The Hall–Kier alpha value is -1.58. The number of aromatic nitrogens is 1. The van der Waals surface area contributed by atoms with E-state index in [1.54, 1.807) is 12.3 Å². The second-order valence-corrected chi connectivity index (χ2v) is 4.25. The van der Waals surface area contributed by atoms with Gasteiger partial charge in [0.2, 0.25) is 0 Å². The Bertz CT molecular complexity index is 386. The zero-order valence-electron chi connectivity index (χ0n) is 9.39. The highest BCUT2D eigenvalue weighted by atomic mass is 16.4. The first kappa shape index (κ1) is 10.9. The highest BCUT2D eigenvalue weighted by Crippen LogP contribution is 2.28. The van der Waals surface area contributed by atoms with E-state index in [2.05, 4.69) is 9.88 Å². The van der Waals surface area contributed by atoms with Gasteiger partial charge in [-0.15, -0.1) is 0 Å². The van der Waals surface area contributed by atoms with Crippen molar-refractivity contribution < 1.29 is 9.90 Å². The minimum Gasteiger partial charge on any atom is -0.478 e. The normalized spacial score (nSPS) is 16.3. The molecule has 4 heteroatoms. The number of anilines is 1. The first-order valence-electron chi connectivity index (χ1n) is 5.60. The molecule has 1 aliphatic carbocycles. The molecule has 1 aromatic rings. The van der Waals surface area contributed by atoms with Crippen molar-refractivity contribution in [3.8, 4) is 0 Å². The topological polar surface area (TPSA) is 53.4 Å². The summed E-state index contributed by atoms with van der Waals surface area (Å²) in [6.45, 7) is 0. The fourth-order valence-corrected chi connectivity index (χ4v) is 2.35. The van der Waals surface area contributed by atoms with Gasteiger partial charge in [0.25, 0.3) is 0 Å². The molecule has 0 amide bonds. The Morgan fingerprint density at radius 1 is 1.50 bits per heavy atom. The molecular formula is C12H16N2O2. The van der Waals surface area contributed by atoms with Gasteiger partial charge in [-0.25, -0.2) is 4.79 Å². The molecular weight excluding hydrogens is 204 g/mol. The van der Waals surface area contributed by atoms with Gasteiger partial charge in [-0.1, -0.05) is 12.8 Å². The summed E-state index contributed by atoms with van der Waals surface area (Å²) >= 11 is 0. The number of aromatic carboxylic acids is 1. The molecule has 0 saturated heterocycles. The van der Waals surface area contributed by atoms with Crippen molar-refractivity contribution in [2.75, 3.05) is 11.9 Å². The molecule has 0 unspecified atom stereocenters. The number of hydrogen-bond acceptors (Lipinski definition) is 3. The van der Waals surface area contributed by atoms with Crippen LogP contribution in [0.2, 0.25) is 0 Å². The Morgan fingerprint density at radius 3 is 2.81 bits per heavy atom. The lowest BCUT2D eigenvalue weighted by molar-refractivity contribution is 0.0697. The van der Waals surface area contributed by atoms with Crippen molar-refractivity contribution in [1.82, 2.24) is 4.98 Å². The number of hydrogen-bond donors (Lipinski definition) is 1. The van der Waals surface area contributed by atoms with Crippen molar-refractivity contribution >= 4 is 11.7 Å². The lowest BCUT2D eigenvalue weighted by Crippen LogP contribution is -2.30. The van der Waals surface area contributed by atoms with Gasteiger partial charge < -0.3 is 10.0 Å². The summed E-state index contributed by atoms with van der Waals surface area (Å²) in [7, 11) is 1.97. The van der Waals surface area contributed by atoms with E-state index in [4.69, 9.17) is 5.11 Å². The van der Waals surface area contributed by atoms with Crippen LogP contribution < -0.4 is 4.90 Å². The van der Waals surface area contributed by atoms with E-state index in [1.807, 2.05) is 7.05 Å². The minimum atomic E-state index is -0.909. The fourth-order valence-electron chi connectivity index (χ4n) is 2.35. The van der Waals surface area contributed by atoms with Crippen molar-refractivity contribution in [3.05, 3.63) is 24.0 Å². The number of carboxylic acids is 1. The average molecular weight is 220 g/mol. The van der Waals surface area contributed by atoms with E-state index in [1.165, 1.54) is 19.0 Å². The maximum Gasteiger partial charge on any atom is 0.339 e. The molecule has 1 aromatic heterocycles. The molecule has 0 spiro atoms. The van der Waals surface area contributed by atoms with Gasteiger partial charge in [0, 0.05) is 25.5 Å². The molecule has 0 atom stereocenters. The number of carboxylic acid groups (broad SMARTS) is 1. The smallest absolute Gasteiger partial charge is 0.339 e. The molecule has 16 heavy (non-hydrogen) atoms. The van der Waals surface area contributed by atoms with Gasteiger partial charge in [0.05, 0.1) is 5.69 Å². The molecule has 0 radical (unpaired) electrons. The van der Waals surface area contributed by atoms with Crippen LogP contribution in [0.15, 0.2) is 18.5 Å². The van der Waals surface area contributed by atoms with Crippen LogP contribution in [0.3, 0.4) is 0 Å². The van der Waals surface area contributed by atoms with Crippen LogP contribution in [-0.4, -0.2) is 29.1 Å². The van der Waals surface area contributed by atoms with E-state index >= 15 is 0 Å². The van der Waals surface area contributed by atoms with E-state index in [9.17, 15) is 4.79 Å². The summed E-state index contributed by atoms with van der Waals surface area (Å²) in [5.74, 6) is -0.909. The third-order valence-electron chi connectivity index (χ3n) is 3.28. The highest BCUT2D eigenvalue weighted by molar-refractivity contribution is 5.94. The van der Waals surface area contributed by atoms with Crippen LogP contribution in [0, 0.1) is 0 Å². The Morgan fingerprint density at radius 2 is 2.19 bits per heavy atom. The zero-order valence-corrected chi connectivity index (χ0v) is 9.39. The standard InChI is InChI=1S/C12H16N2O2/c1-14(9-4-2-3-5-9)11-6-7-13-8-10(11)12(15)16/h6-9H,2-5H2,1H3,(H,15,16). The summed E-state index contributed by atoms with van der Waals surface area (Å²) in [4.78, 5) is 17.0. The van der Waals surface area contributed by atoms with Gasteiger partial charge in [0.15, 0.2) is 0 Å². The van der Waals surface area contributed by atoms with Crippen molar-refractivity contribution in [2.45, 2.75) is 31.7 Å². The van der Waals surface area contributed by atoms with Crippen LogP contribution in [-0.2, 0) is 0 Å². The summed E-state index contributed by atoms with van der Waals surface area (Å²) in [6, 6.07) is 2.25. The number of nitrogens with zero attached hydrogens (tertiary/aromatic N) is 2. The Kier molecular flexibility index (Phi) is 3.08. The first-order chi connectivity index (χ1) is 7.70. The number of rotatable bonds is 3. The molecule has 1 saturated carbocycles. The quantitative estimate of drug-likeness (QED) is 0.848. The zero-order chi connectivity index (χ0) is 11.5. The van der Waals surface area contributed by atoms with Gasteiger partial charge in [-0.3, -0.25) is 4.98 Å². The lowest BCUT2D eigenvalue weighted by Gasteiger charge is -2.27. The Labute approximate surface area is 94.9 Å². The van der Waals surface area contributed by atoms with E-state index in [0.717, 1.165) is 18.5 Å². The molecule has 0 aromatic carbocycles. The number of pyridine rings is 1.